The van der Waals surface area contributed by atoms with Gasteiger partial charge in [-0.05, 0) is 18.2 Å². The van der Waals surface area contributed by atoms with Gasteiger partial charge in [0.2, 0.25) is 0 Å². The zero-order valence-electron chi connectivity index (χ0n) is 10.6. The summed E-state index contributed by atoms with van der Waals surface area (Å²) in [6, 6.07) is 5.01. The van der Waals surface area contributed by atoms with Crippen LogP contribution in [-0.2, 0) is 0 Å². The summed E-state index contributed by atoms with van der Waals surface area (Å²) >= 11 is 24.2. The third-order valence-corrected chi connectivity index (χ3v) is 3.99. The third kappa shape index (κ3) is 2.73. The summed E-state index contributed by atoms with van der Waals surface area (Å²) in [5, 5.41) is 8.55. The van der Waals surface area contributed by atoms with Crippen LogP contribution in [0.2, 0.25) is 20.2 Å². The number of aromatic nitrogens is 4. The van der Waals surface area contributed by atoms with Crippen molar-refractivity contribution in [3.63, 3.8) is 0 Å². The van der Waals surface area contributed by atoms with Crippen LogP contribution >= 0.6 is 46.4 Å². The van der Waals surface area contributed by atoms with Crippen LogP contribution in [0, 0.1) is 0 Å². The van der Waals surface area contributed by atoms with Crippen LogP contribution in [0.4, 0.5) is 0 Å². The molecule has 0 bridgehead atoms. The topological polar surface area (TPSA) is 63.6 Å². The molecule has 3 aromatic rings. The summed E-state index contributed by atoms with van der Waals surface area (Å²) in [6.07, 6.45) is 2.88. The van der Waals surface area contributed by atoms with E-state index in [4.69, 9.17) is 46.4 Å². The number of rotatable bonds is 2. The highest BCUT2D eigenvalue weighted by atomic mass is 35.5. The molecule has 9 heteroatoms. The predicted molar refractivity (Wildman–Crippen MR) is 87.5 cm³/mol. The van der Waals surface area contributed by atoms with Gasteiger partial charge < -0.3 is 4.98 Å². The maximum absolute atomic E-state index is 11.8. The highest BCUT2D eigenvalue weighted by molar-refractivity contribution is 6.39. The Bertz CT molecular complexity index is 919. The molecule has 0 aliphatic rings. The van der Waals surface area contributed by atoms with Crippen LogP contribution in [0.1, 0.15) is 0 Å². The van der Waals surface area contributed by atoms with Gasteiger partial charge in [-0.2, -0.15) is 0 Å². The molecule has 5 nitrogen and oxygen atoms in total. The quantitative estimate of drug-likeness (QED) is 0.728. The second-order valence-corrected chi connectivity index (χ2v) is 5.91. The molecule has 1 aromatic carbocycles. The molecule has 22 heavy (non-hydrogen) atoms. The number of halogens is 4. The van der Waals surface area contributed by atoms with Crippen LogP contribution < -0.4 is 5.56 Å². The standard InChI is InChI=1S/C13H6Cl4N4O/c14-6-1-2-9(21-5-10(16)19-20-21)7(3-6)11-8(15)4-18-13(22)12(11)17/h1-5H,(H,18,22). The van der Waals surface area contributed by atoms with E-state index in [1.807, 2.05) is 0 Å². The Morgan fingerprint density at radius 3 is 2.59 bits per heavy atom. The van der Waals surface area contributed by atoms with E-state index < -0.39 is 5.56 Å². The molecule has 112 valence electrons. The van der Waals surface area contributed by atoms with Crippen molar-refractivity contribution in [1.82, 2.24) is 20.0 Å². The van der Waals surface area contributed by atoms with Crippen molar-refractivity contribution in [2.45, 2.75) is 0 Å². The van der Waals surface area contributed by atoms with Crippen molar-refractivity contribution < 1.29 is 0 Å². The Hall–Kier alpha value is -1.53. The first-order valence-corrected chi connectivity index (χ1v) is 7.43. The van der Waals surface area contributed by atoms with Crippen molar-refractivity contribution in [2.24, 2.45) is 0 Å². The molecule has 0 radical (unpaired) electrons. The SMILES string of the molecule is O=c1[nH]cc(Cl)c(-c2cc(Cl)ccc2-n2cc(Cl)nn2)c1Cl. The van der Waals surface area contributed by atoms with Gasteiger partial charge in [0.05, 0.1) is 16.9 Å². The fourth-order valence-electron chi connectivity index (χ4n) is 2.00. The number of aromatic amines is 1. The molecule has 0 aliphatic carbocycles. The van der Waals surface area contributed by atoms with E-state index in [-0.39, 0.29) is 15.2 Å². The summed E-state index contributed by atoms with van der Waals surface area (Å²) in [7, 11) is 0. The minimum absolute atomic E-state index is 0.0396. The van der Waals surface area contributed by atoms with Crippen molar-refractivity contribution >= 4 is 46.4 Å². The lowest BCUT2D eigenvalue weighted by Crippen LogP contribution is -2.08. The number of benzene rings is 1. The summed E-state index contributed by atoms with van der Waals surface area (Å²) in [6.45, 7) is 0. The number of pyridine rings is 1. The second-order valence-electron chi connectivity index (χ2n) is 4.30. The Balaban J connectivity index is 2.34. The molecular formula is C13H6Cl4N4O. The molecule has 0 amide bonds. The van der Waals surface area contributed by atoms with E-state index in [0.29, 0.717) is 21.8 Å². The lowest BCUT2D eigenvalue weighted by molar-refractivity contribution is 0.804. The van der Waals surface area contributed by atoms with Crippen LogP contribution in [0.5, 0.6) is 0 Å². The first-order valence-electron chi connectivity index (χ1n) is 5.92. The number of H-pyrrole nitrogens is 1. The van der Waals surface area contributed by atoms with E-state index in [9.17, 15) is 4.79 Å². The van der Waals surface area contributed by atoms with Crippen LogP contribution in [-0.4, -0.2) is 20.0 Å². The molecule has 0 aliphatic heterocycles. The zero-order valence-corrected chi connectivity index (χ0v) is 13.7. The summed E-state index contributed by atoms with van der Waals surface area (Å²) < 4.78 is 1.45. The van der Waals surface area contributed by atoms with Crippen molar-refractivity contribution in [1.29, 1.82) is 0 Å². The minimum atomic E-state index is -0.455. The maximum atomic E-state index is 11.8. The lowest BCUT2D eigenvalue weighted by atomic mass is 10.0. The van der Waals surface area contributed by atoms with Crippen molar-refractivity contribution in [3.8, 4) is 16.8 Å². The zero-order chi connectivity index (χ0) is 15.9. The fraction of sp³-hybridized carbons (Fsp3) is 0. The molecule has 0 fully saturated rings. The molecule has 1 N–H and O–H groups in total. The molecule has 0 atom stereocenters. The summed E-state index contributed by atoms with van der Waals surface area (Å²) in [5.41, 5.74) is 1.02. The van der Waals surface area contributed by atoms with Gasteiger partial charge in [-0.3, -0.25) is 4.79 Å². The Morgan fingerprint density at radius 2 is 1.91 bits per heavy atom. The molecule has 0 unspecified atom stereocenters. The Morgan fingerprint density at radius 1 is 1.14 bits per heavy atom. The van der Waals surface area contributed by atoms with E-state index in [1.165, 1.54) is 17.1 Å². The average molecular weight is 376 g/mol. The number of nitrogens with one attached hydrogen (secondary N) is 1. The minimum Gasteiger partial charge on any atom is -0.326 e. The highest BCUT2D eigenvalue weighted by Crippen LogP contribution is 2.37. The number of hydrogen-bond acceptors (Lipinski definition) is 3. The van der Waals surface area contributed by atoms with Gasteiger partial charge in [-0.15, -0.1) is 5.10 Å². The van der Waals surface area contributed by atoms with Gasteiger partial charge in [0.1, 0.15) is 5.02 Å². The molecule has 2 heterocycles. The molecular weight excluding hydrogens is 370 g/mol. The van der Waals surface area contributed by atoms with Gasteiger partial charge >= 0.3 is 0 Å². The average Bonchev–Trinajstić information content (AvgIpc) is 2.90. The van der Waals surface area contributed by atoms with E-state index in [1.54, 1.807) is 18.2 Å². The van der Waals surface area contributed by atoms with Crippen LogP contribution in [0.25, 0.3) is 16.8 Å². The Kier molecular flexibility index (Phi) is 4.14. The summed E-state index contributed by atoms with van der Waals surface area (Å²) in [4.78, 5) is 14.2. The van der Waals surface area contributed by atoms with Gasteiger partial charge in [-0.1, -0.05) is 51.6 Å². The first kappa shape index (κ1) is 15.4. The largest absolute Gasteiger partial charge is 0.326 e. The van der Waals surface area contributed by atoms with Crippen molar-refractivity contribution in [2.75, 3.05) is 0 Å². The monoisotopic (exact) mass is 374 g/mol. The lowest BCUT2D eigenvalue weighted by Gasteiger charge is -2.12. The molecule has 0 saturated carbocycles. The second kappa shape index (κ2) is 5.93. The van der Waals surface area contributed by atoms with Gasteiger partial charge in [-0.25, -0.2) is 4.68 Å². The predicted octanol–water partition coefficient (Wildman–Crippen LogP) is 4.24. The molecule has 2 aromatic heterocycles. The number of hydrogen-bond donors (Lipinski definition) is 1. The van der Waals surface area contributed by atoms with Gasteiger partial charge in [0.25, 0.3) is 5.56 Å². The number of nitrogens with zero attached hydrogens (tertiary/aromatic N) is 3. The van der Waals surface area contributed by atoms with Gasteiger partial charge in [0.15, 0.2) is 5.15 Å². The van der Waals surface area contributed by atoms with Crippen LogP contribution in [0.3, 0.4) is 0 Å². The first-order chi connectivity index (χ1) is 10.5. The molecule has 3 rings (SSSR count). The smallest absolute Gasteiger partial charge is 0.267 e. The fourth-order valence-corrected chi connectivity index (χ4v) is 2.85. The summed E-state index contributed by atoms with van der Waals surface area (Å²) in [5.74, 6) is 0. The molecule has 0 saturated heterocycles. The molecule has 0 spiro atoms. The normalized spacial score (nSPS) is 10.9. The highest BCUT2D eigenvalue weighted by Gasteiger charge is 2.17. The van der Waals surface area contributed by atoms with Gasteiger partial charge in [0, 0.05) is 22.3 Å². The van der Waals surface area contributed by atoms with Crippen molar-refractivity contribution in [3.05, 3.63) is 61.2 Å². The Labute approximate surface area is 144 Å². The van der Waals surface area contributed by atoms with E-state index >= 15 is 0 Å². The van der Waals surface area contributed by atoms with E-state index in [2.05, 4.69) is 15.3 Å². The van der Waals surface area contributed by atoms with Crippen LogP contribution in [0.15, 0.2) is 35.4 Å². The third-order valence-electron chi connectivity index (χ3n) is 2.93. The van der Waals surface area contributed by atoms with E-state index in [0.717, 1.165) is 0 Å². The maximum Gasteiger partial charge on any atom is 0.267 e.